The van der Waals surface area contributed by atoms with Crippen LogP contribution in [0.2, 0.25) is 0 Å². The molecule has 0 aliphatic carbocycles. The van der Waals surface area contributed by atoms with Gasteiger partial charge in [0.1, 0.15) is 11.2 Å². The van der Waals surface area contributed by atoms with Crippen LogP contribution in [0.5, 0.6) is 0 Å². The molecule has 0 saturated heterocycles. The standard InChI is InChI=1S/C60H37N3O/c1-2-11-42(12-3-1)62-54-18-7-5-14-47(54)53-35-40(26-34-56(53)62)38-21-27-43(28-22-38)61(44-29-23-39(24-30-44)41-25-32-50-49-15-6-9-20-58(49)64-59(50)36-41)45-31-33-48-52-17-10-16-51-46-13-4-8-19-55(46)63(60(51)52)57(48)37-45/h1-37H. The average Bonchev–Trinajstić information content (AvgIpc) is 4.10. The Morgan fingerprint density at radius 3 is 1.56 bits per heavy atom. The van der Waals surface area contributed by atoms with Crippen LogP contribution in [-0.2, 0) is 0 Å². The average molecular weight is 816 g/mol. The van der Waals surface area contributed by atoms with E-state index in [2.05, 4.69) is 226 Å². The Bertz CT molecular complexity index is 4120. The molecule has 0 saturated carbocycles. The highest BCUT2D eigenvalue weighted by Gasteiger charge is 2.21. The molecule has 14 rings (SSSR count). The lowest BCUT2D eigenvalue weighted by molar-refractivity contribution is 0.669. The van der Waals surface area contributed by atoms with Gasteiger partial charge in [-0.2, -0.15) is 0 Å². The molecule has 0 amide bonds. The molecule has 0 unspecified atom stereocenters. The number of para-hydroxylation sites is 5. The minimum atomic E-state index is 0.899. The first-order chi connectivity index (χ1) is 31.7. The highest BCUT2D eigenvalue weighted by molar-refractivity contribution is 6.23. The minimum Gasteiger partial charge on any atom is -0.456 e. The summed E-state index contributed by atoms with van der Waals surface area (Å²) in [5, 5.41) is 9.87. The van der Waals surface area contributed by atoms with Crippen LogP contribution in [0.15, 0.2) is 229 Å². The number of anilines is 3. The van der Waals surface area contributed by atoms with E-state index < -0.39 is 0 Å². The van der Waals surface area contributed by atoms with Crippen LogP contribution in [-0.4, -0.2) is 8.97 Å². The third-order valence-corrected chi connectivity index (χ3v) is 13.4. The third kappa shape index (κ3) is 5.11. The third-order valence-electron chi connectivity index (χ3n) is 13.4. The van der Waals surface area contributed by atoms with Gasteiger partial charge in [0, 0.05) is 65.8 Å². The topological polar surface area (TPSA) is 25.7 Å². The Labute approximate surface area is 368 Å². The van der Waals surface area contributed by atoms with Gasteiger partial charge in [-0.25, -0.2) is 0 Å². The van der Waals surface area contributed by atoms with Gasteiger partial charge in [0.2, 0.25) is 0 Å². The second kappa shape index (κ2) is 13.4. The second-order valence-electron chi connectivity index (χ2n) is 16.9. The number of nitrogens with zero attached hydrogens (tertiary/aromatic N) is 3. The molecule has 4 heterocycles. The Balaban J connectivity index is 0.903. The van der Waals surface area contributed by atoms with E-state index in [1.165, 1.54) is 71.0 Å². The van der Waals surface area contributed by atoms with Crippen LogP contribution in [0.3, 0.4) is 0 Å². The summed E-state index contributed by atoms with van der Waals surface area (Å²) in [6, 6.07) is 81.5. The van der Waals surface area contributed by atoms with Crippen molar-refractivity contribution < 1.29 is 4.42 Å². The van der Waals surface area contributed by atoms with Crippen molar-refractivity contribution in [2.45, 2.75) is 0 Å². The van der Waals surface area contributed by atoms with Gasteiger partial charge in [0.25, 0.3) is 0 Å². The summed E-state index contributed by atoms with van der Waals surface area (Å²) in [5.41, 5.74) is 17.0. The van der Waals surface area contributed by atoms with Gasteiger partial charge < -0.3 is 18.3 Å². The lowest BCUT2D eigenvalue weighted by Crippen LogP contribution is -2.10. The molecule has 14 aromatic rings. The van der Waals surface area contributed by atoms with Gasteiger partial charge in [-0.15, -0.1) is 0 Å². The molecule has 0 N–H and O–H groups in total. The van der Waals surface area contributed by atoms with Crippen molar-refractivity contribution in [2.24, 2.45) is 0 Å². The van der Waals surface area contributed by atoms with E-state index in [-0.39, 0.29) is 0 Å². The largest absolute Gasteiger partial charge is 0.456 e. The Hall–Kier alpha value is -8.60. The zero-order valence-corrected chi connectivity index (χ0v) is 34.6. The van der Waals surface area contributed by atoms with Crippen LogP contribution in [0.4, 0.5) is 17.1 Å². The van der Waals surface area contributed by atoms with E-state index in [4.69, 9.17) is 4.42 Å². The van der Waals surface area contributed by atoms with Gasteiger partial charge in [-0.05, 0) is 113 Å². The summed E-state index contributed by atoms with van der Waals surface area (Å²) in [7, 11) is 0. The number of furan rings is 1. The highest BCUT2D eigenvalue weighted by atomic mass is 16.3. The predicted octanol–water partition coefficient (Wildman–Crippen LogP) is 16.6. The van der Waals surface area contributed by atoms with Crippen LogP contribution in [0.1, 0.15) is 0 Å². The Morgan fingerprint density at radius 2 is 0.812 bits per heavy atom. The van der Waals surface area contributed by atoms with Crippen LogP contribution < -0.4 is 4.90 Å². The molecule has 4 heteroatoms. The van der Waals surface area contributed by atoms with Crippen molar-refractivity contribution in [2.75, 3.05) is 4.90 Å². The molecular formula is C60H37N3O. The molecule has 0 aliphatic heterocycles. The van der Waals surface area contributed by atoms with Crippen molar-refractivity contribution >= 4 is 98.9 Å². The lowest BCUT2D eigenvalue weighted by Gasteiger charge is -2.26. The number of benzene rings is 10. The lowest BCUT2D eigenvalue weighted by atomic mass is 10.0. The second-order valence-corrected chi connectivity index (χ2v) is 16.9. The summed E-state index contributed by atoms with van der Waals surface area (Å²) < 4.78 is 11.1. The monoisotopic (exact) mass is 815 g/mol. The smallest absolute Gasteiger partial charge is 0.136 e. The fraction of sp³-hybridized carbons (Fsp3) is 0. The van der Waals surface area contributed by atoms with Crippen LogP contribution in [0, 0.1) is 0 Å². The number of fused-ring (bicyclic) bond motifs is 12. The summed E-state index contributed by atoms with van der Waals surface area (Å²) in [4.78, 5) is 2.39. The molecule has 0 aliphatic rings. The zero-order chi connectivity index (χ0) is 41.9. The molecule has 0 radical (unpaired) electrons. The van der Waals surface area contributed by atoms with Crippen LogP contribution in [0.25, 0.3) is 110 Å². The summed E-state index contributed by atoms with van der Waals surface area (Å²) in [6.45, 7) is 0. The molecule has 64 heavy (non-hydrogen) atoms. The fourth-order valence-corrected chi connectivity index (χ4v) is 10.5. The maximum atomic E-state index is 6.28. The first-order valence-corrected chi connectivity index (χ1v) is 21.9. The maximum Gasteiger partial charge on any atom is 0.136 e. The molecule has 0 fully saturated rings. The van der Waals surface area contributed by atoms with Crippen molar-refractivity contribution in [1.29, 1.82) is 0 Å². The Kier molecular flexibility index (Phi) is 7.36. The van der Waals surface area contributed by atoms with Gasteiger partial charge in [-0.1, -0.05) is 133 Å². The van der Waals surface area contributed by atoms with Crippen molar-refractivity contribution in [3.05, 3.63) is 224 Å². The van der Waals surface area contributed by atoms with Crippen LogP contribution >= 0.6 is 0 Å². The normalized spacial score (nSPS) is 12.1. The number of rotatable bonds is 6. The molecule has 0 spiro atoms. The Morgan fingerprint density at radius 1 is 0.297 bits per heavy atom. The first kappa shape index (κ1) is 35.0. The summed E-state index contributed by atoms with van der Waals surface area (Å²) >= 11 is 0. The summed E-state index contributed by atoms with van der Waals surface area (Å²) in [6.07, 6.45) is 0. The molecule has 0 bridgehead atoms. The van der Waals surface area contributed by atoms with Crippen molar-refractivity contribution in [1.82, 2.24) is 8.97 Å². The van der Waals surface area contributed by atoms with E-state index >= 15 is 0 Å². The highest BCUT2D eigenvalue weighted by Crippen LogP contribution is 2.44. The quantitative estimate of drug-likeness (QED) is 0.167. The molecule has 4 nitrogen and oxygen atoms in total. The van der Waals surface area contributed by atoms with Gasteiger partial charge in [0.05, 0.1) is 27.6 Å². The SMILES string of the molecule is c1ccc(-n2c3ccccc3c3cc(-c4ccc(N(c5ccc(-c6ccc7c(c6)oc6ccccc67)cc5)c5ccc6c7cccc8c9ccccc9n(c6c5)c87)cc4)ccc32)cc1. The fourth-order valence-electron chi connectivity index (χ4n) is 10.5. The minimum absolute atomic E-state index is 0.899. The number of aromatic nitrogens is 2. The molecule has 0 atom stereocenters. The molecule has 10 aromatic carbocycles. The molecule has 298 valence electrons. The van der Waals surface area contributed by atoms with E-state index in [0.29, 0.717) is 0 Å². The number of hydrogen-bond donors (Lipinski definition) is 0. The van der Waals surface area contributed by atoms with Crippen molar-refractivity contribution in [3.63, 3.8) is 0 Å². The van der Waals surface area contributed by atoms with E-state index in [9.17, 15) is 0 Å². The molecule has 4 aromatic heterocycles. The maximum absolute atomic E-state index is 6.28. The zero-order valence-electron chi connectivity index (χ0n) is 34.6. The van der Waals surface area contributed by atoms with E-state index in [1.807, 2.05) is 12.1 Å². The van der Waals surface area contributed by atoms with E-state index in [1.54, 1.807) is 0 Å². The van der Waals surface area contributed by atoms with Crippen molar-refractivity contribution in [3.8, 4) is 27.9 Å². The van der Waals surface area contributed by atoms with Gasteiger partial charge in [0.15, 0.2) is 0 Å². The number of hydrogen-bond acceptors (Lipinski definition) is 2. The van der Waals surface area contributed by atoms with Gasteiger partial charge in [-0.3, -0.25) is 0 Å². The first-order valence-electron chi connectivity index (χ1n) is 21.9. The van der Waals surface area contributed by atoms with Gasteiger partial charge >= 0.3 is 0 Å². The summed E-state index contributed by atoms with van der Waals surface area (Å²) in [5.74, 6) is 0. The predicted molar refractivity (Wildman–Crippen MR) is 268 cm³/mol. The molecular weight excluding hydrogens is 779 g/mol. The van der Waals surface area contributed by atoms with E-state index in [0.717, 1.165) is 55.8 Å².